The predicted molar refractivity (Wildman–Crippen MR) is 150 cm³/mol. The fourth-order valence-corrected chi connectivity index (χ4v) is 4.15. The van der Waals surface area contributed by atoms with Crippen molar-refractivity contribution in [3.63, 3.8) is 0 Å². The molecule has 10 nitrogen and oxygen atoms in total. The Morgan fingerprint density at radius 2 is 1.70 bits per heavy atom. The zero-order valence-corrected chi connectivity index (χ0v) is 22.8. The molecule has 1 fully saturated rings. The summed E-state index contributed by atoms with van der Waals surface area (Å²) in [6, 6.07) is 14.9. The first-order valence-corrected chi connectivity index (χ1v) is 12.7. The van der Waals surface area contributed by atoms with E-state index in [0.717, 1.165) is 4.90 Å². The van der Waals surface area contributed by atoms with E-state index in [2.05, 4.69) is 10.6 Å². The Hall–Kier alpha value is -4.54. The zero-order chi connectivity index (χ0) is 28.8. The Bertz CT molecular complexity index is 1490. The van der Waals surface area contributed by atoms with Gasteiger partial charge in [0.1, 0.15) is 11.3 Å². The summed E-state index contributed by atoms with van der Waals surface area (Å²) < 4.78 is 16.4. The highest BCUT2D eigenvalue weighted by Gasteiger charge is 2.37. The van der Waals surface area contributed by atoms with Crippen LogP contribution < -0.4 is 29.7 Å². The summed E-state index contributed by atoms with van der Waals surface area (Å²) >= 11 is 12.3. The molecule has 5 amide bonds. The summed E-state index contributed by atoms with van der Waals surface area (Å²) in [6.07, 6.45) is 1.27. The molecule has 2 N–H and O–H groups in total. The molecule has 0 bridgehead atoms. The Balaban J connectivity index is 1.54. The maximum absolute atomic E-state index is 13.2. The van der Waals surface area contributed by atoms with Crippen LogP contribution >= 0.6 is 23.2 Å². The number of nitrogens with zero attached hydrogens (tertiary/aromatic N) is 1. The second-order valence-electron chi connectivity index (χ2n) is 8.26. The molecule has 0 unspecified atom stereocenters. The highest BCUT2D eigenvalue weighted by Crippen LogP contribution is 2.37. The van der Waals surface area contributed by atoms with Crippen LogP contribution in [0.15, 0.2) is 66.2 Å². The molecular weight excluding hydrogens is 561 g/mol. The first kappa shape index (κ1) is 28.5. The summed E-state index contributed by atoms with van der Waals surface area (Å²) in [4.78, 5) is 51.5. The molecule has 0 spiro atoms. The lowest BCUT2D eigenvalue weighted by atomic mass is 10.1. The summed E-state index contributed by atoms with van der Waals surface area (Å²) in [6.45, 7) is 1.91. The quantitative estimate of drug-likeness (QED) is 0.266. The van der Waals surface area contributed by atoms with Crippen molar-refractivity contribution in [2.75, 3.05) is 30.5 Å². The Labute approximate surface area is 239 Å². The van der Waals surface area contributed by atoms with Crippen molar-refractivity contribution < 1.29 is 33.4 Å². The zero-order valence-electron chi connectivity index (χ0n) is 21.3. The molecule has 3 aromatic carbocycles. The molecule has 0 atom stereocenters. The van der Waals surface area contributed by atoms with E-state index in [-0.39, 0.29) is 34.4 Å². The van der Waals surface area contributed by atoms with Crippen LogP contribution in [0.5, 0.6) is 17.2 Å². The number of hydrogen-bond donors (Lipinski definition) is 2. The third kappa shape index (κ3) is 6.53. The van der Waals surface area contributed by atoms with Gasteiger partial charge < -0.3 is 19.5 Å². The molecule has 0 aliphatic carbocycles. The second kappa shape index (κ2) is 12.5. The number of carbonyl (C=O) groups excluding carboxylic acids is 4. The van der Waals surface area contributed by atoms with Gasteiger partial charge in [-0.05, 0) is 79.2 Å². The number of urea groups is 1. The molecule has 0 aromatic heterocycles. The van der Waals surface area contributed by atoms with Gasteiger partial charge in [-0.15, -0.1) is 0 Å². The standard InChI is InChI=1S/C28H23Cl2N3O7/c1-3-39-20-10-8-19(9-11-20)33-27(36)21(26(35)32-28(33)37)12-16-13-22(30)25(23(14-16)38-2)40-15-24(34)31-18-6-4-17(29)5-7-18/h4-14H,3,15H2,1-2H3,(H,31,34)(H,32,35,37)/b21-12+. The van der Waals surface area contributed by atoms with Crippen LogP contribution in [0, 0.1) is 0 Å². The van der Waals surface area contributed by atoms with Gasteiger partial charge in [0.25, 0.3) is 17.7 Å². The van der Waals surface area contributed by atoms with Crippen molar-refractivity contribution in [2.24, 2.45) is 0 Å². The van der Waals surface area contributed by atoms with Crippen molar-refractivity contribution in [1.82, 2.24) is 5.32 Å². The number of nitrogens with one attached hydrogen (secondary N) is 2. The topological polar surface area (TPSA) is 123 Å². The van der Waals surface area contributed by atoms with E-state index in [1.54, 1.807) is 36.4 Å². The number of ether oxygens (including phenoxy) is 3. The van der Waals surface area contributed by atoms with Gasteiger partial charge in [-0.25, -0.2) is 9.69 Å². The molecule has 0 radical (unpaired) electrons. The summed E-state index contributed by atoms with van der Waals surface area (Å²) in [7, 11) is 1.37. The molecule has 206 valence electrons. The van der Waals surface area contributed by atoms with Crippen molar-refractivity contribution in [1.29, 1.82) is 0 Å². The van der Waals surface area contributed by atoms with Crippen LogP contribution in [0.25, 0.3) is 6.08 Å². The molecule has 4 rings (SSSR count). The van der Waals surface area contributed by atoms with Crippen molar-refractivity contribution in [2.45, 2.75) is 6.92 Å². The lowest BCUT2D eigenvalue weighted by Gasteiger charge is -2.26. The number of barbiturate groups is 1. The molecule has 12 heteroatoms. The van der Waals surface area contributed by atoms with Gasteiger partial charge in [-0.1, -0.05) is 23.2 Å². The molecule has 1 aliphatic rings. The van der Waals surface area contributed by atoms with Gasteiger partial charge in [0.05, 0.1) is 24.4 Å². The third-order valence-corrected chi connectivity index (χ3v) is 6.08. The molecule has 1 aliphatic heterocycles. The highest BCUT2D eigenvalue weighted by atomic mass is 35.5. The van der Waals surface area contributed by atoms with Crippen LogP contribution in [0.1, 0.15) is 12.5 Å². The van der Waals surface area contributed by atoms with E-state index in [9.17, 15) is 19.2 Å². The van der Waals surface area contributed by atoms with Crippen LogP contribution in [0.3, 0.4) is 0 Å². The van der Waals surface area contributed by atoms with Crippen LogP contribution in [-0.2, 0) is 14.4 Å². The fourth-order valence-electron chi connectivity index (χ4n) is 3.75. The number of anilines is 2. The number of carbonyl (C=O) groups is 4. The Morgan fingerprint density at radius 3 is 2.35 bits per heavy atom. The largest absolute Gasteiger partial charge is 0.494 e. The van der Waals surface area contributed by atoms with Crippen LogP contribution in [-0.4, -0.2) is 44.1 Å². The van der Waals surface area contributed by atoms with E-state index in [1.165, 1.54) is 37.5 Å². The van der Waals surface area contributed by atoms with E-state index < -0.39 is 23.8 Å². The van der Waals surface area contributed by atoms with Gasteiger partial charge in [-0.2, -0.15) is 0 Å². The van der Waals surface area contributed by atoms with E-state index >= 15 is 0 Å². The monoisotopic (exact) mass is 583 g/mol. The van der Waals surface area contributed by atoms with E-state index in [0.29, 0.717) is 28.6 Å². The third-order valence-electron chi connectivity index (χ3n) is 5.55. The van der Waals surface area contributed by atoms with Gasteiger partial charge in [0, 0.05) is 10.7 Å². The molecule has 40 heavy (non-hydrogen) atoms. The minimum absolute atomic E-state index is 0.0635. The average Bonchev–Trinajstić information content (AvgIpc) is 2.92. The number of benzene rings is 3. The van der Waals surface area contributed by atoms with Gasteiger partial charge >= 0.3 is 6.03 Å². The Kier molecular flexibility index (Phi) is 8.93. The maximum Gasteiger partial charge on any atom is 0.335 e. The molecule has 0 saturated carbocycles. The number of methoxy groups -OCH3 is 1. The van der Waals surface area contributed by atoms with Crippen LogP contribution in [0.2, 0.25) is 10.0 Å². The Morgan fingerprint density at radius 1 is 1.00 bits per heavy atom. The molecule has 1 saturated heterocycles. The van der Waals surface area contributed by atoms with Crippen molar-refractivity contribution in [3.8, 4) is 17.2 Å². The van der Waals surface area contributed by atoms with E-state index in [1.807, 2.05) is 6.92 Å². The smallest absolute Gasteiger partial charge is 0.335 e. The van der Waals surface area contributed by atoms with Crippen molar-refractivity contribution in [3.05, 3.63) is 81.8 Å². The molecule has 1 heterocycles. The predicted octanol–water partition coefficient (Wildman–Crippen LogP) is 5.08. The first-order chi connectivity index (χ1) is 19.2. The first-order valence-electron chi connectivity index (χ1n) is 11.9. The lowest BCUT2D eigenvalue weighted by Crippen LogP contribution is -2.54. The number of halogens is 2. The summed E-state index contributed by atoms with van der Waals surface area (Å²) in [5, 5.41) is 5.43. The number of amides is 5. The van der Waals surface area contributed by atoms with Gasteiger partial charge in [-0.3, -0.25) is 19.7 Å². The average molecular weight is 584 g/mol. The SMILES string of the molecule is CCOc1ccc(N2C(=O)NC(=O)/C(=C\c3cc(Cl)c(OCC(=O)Nc4ccc(Cl)cc4)c(OC)c3)C2=O)cc1. The summed E-state index contributed by atoms with van der Waals surface area (Å²) in [5.74, 6) is -1.34. The minimum atomic E-state index is -0.882. The van der Waals surface area contributed by atoms with Crippen LogP contribution in [0.4, 0.5) is 16.2 Å². The minimum Gasteiger partial charge on any atom is -0.494 e. The molecule has 3 aromatic rings. The second-order valence-corrected chi connectivity index (χ2v) is 9.11. The number of imide groups is 2. The normalized spacial score (nSPS) is 14.2. The number of hydrogen-bond acceptors (Lipinski definition) is 7. The van der Waals surface area contributed by atoms with Crippen molar-refractivity contribution >= 4 is 64.4 Å². The lowest BCUT2D eigenvalue weighted by molar-refractivity contribution is -0.122. The maximum atomic E-state index is 13.2. The molecular formula is C28H23Cl2N3O7. The van der Waals surface area contributed by atoms with Gasteiger partial charge in [0.2, 0.25) is 0 Å². The fraction of sp³-hybridized carbons (Fsp3) is 0.143. The summed E-state index contributed by atoms with van der Waals surface area (Å²) in [5.41, 5.74) is 0.800. The number of rotatable bonds is 9. The van der Waals surface area contributed by atoms with E-state index in [4.69, 9.17) is 37.4 Å². The highest BCUT2D eigenvalue weighted by molar-refractivity contribution is 6.39. The van der Waals surface area contributed by atoms with Gasteiger partial charge in [0.15, 0.2) is 18.1 Å².